The largest absolute Gasteiger partial charge is 0.316 e. The van der Waals surface area contributed by atoms with Crippen molar-refractivity contribution in [2.75, 3.05) is 7.05 Å². The van der Waals surface area contributed by atoms with Crippen molar-refractivity contribution >= 4 is 11.6 Å². The van der Waals surface area contributed by atoms with Crippen molar-refractivity contribution in [2.24, 2.45) is 0 Å². The van der Waals surface area contributed by atoms with Gasteiger partial charge in [-0.1, -0.05) is 23.7 Å². The maximum atomic E-state index is 13.8. The molecule has 0 amide bonds. The van der Waals surface area contributed by atoms with Crippen LogP contribution >= 0.6 is 11.6 Å². The van der Waals surface area contributed by atoms with Gasteiger partial charge in [0.05, 0.1) is 10.7 Å². The zero-order chi connectivity index (χ0) is 12.3. The molecular formula is C13H12ClFN2. The van der Waals surface area contributed by atoms with Gasteiger partial charge in [0.2, 0.25) is 0 Å². The molecule has 0 saturated heterocycles. The van der Waals surface area contributed by atoms with E-state index in [2.05, 4.69) is 10.3 Å². The van der Waals surface area contributed by atoms with E-state index in [0.29, 0.717) is 11.3 Å². The number of rotatable bonds is 3. The number of nitrogens with one attached hydrogen (secondary N) is 1. The average molecular weight is 251 g/mol. The SMILES string of the molecule is CNCc1ccc(-c2cccc(Cl)c2F)nc1. The predicted octanol–water partition coefficient (Wildman–Crippen LogP) is 3.26. The molecule has 0 spiro atoms. The normalized spacial score (nSPS) is 10.5. The van der Waals surface area contributed by atoms with E-state index in [1.54, 1.807) is 24.4 Å². The summed E-state index contributed by atoms with van der Waals surface area (Å²) in [7, 11) is 1.87. The Kier molecular flexibility index (Phi) is 3.71. The van der Waals surface area contributed by atoms with Crippen LogP contribution in [-0.4, -0.2) is 12.0 Å². The molecule has 1 aromatic carbocycles. The predicted molar refractivity (Wildman–Crippen MR) is 67.4 cm³/mol. The molecule has 0 aliphatic rings. The van der Waals surface area contributed by atoms with Crippen LogP contribution in [0.1, 0.15) is 5.56 Å². The molecule has 2 rings (SSSR count). The first kappa shape index (κ1) is 12.0. The molecule has 0 aliphatic heterocycles. The zero-order valence-corrected chi connectivity index (χ0v) is 10.1. The van der Waals surface area contributed by atoms with E-state index in [4.69, 9.17) is 11.6 Å². The number of halogens is 2. The van der Waals surface area contributed by atoms with Gasteiger partial charge >= 0.3 is 0 Å². The summed E-state index contributed by atoms with van der Waals surface area (Å²) in [6, 6.07) is 8.61. The number of nitrogens with zero attached hydrogens (tertiary/aromatic N) is 1. The first-order valence-electron chi connectivity index (χ1n) is 5.26. The Morgan fingerprint density at radius 3 is 2.76 bits per heavy atom. The van der Waals surface area contributed by atoms with Gasteiger partial charge in [-0.2, -0.15) is 0 Å². The summed E-state index contributed by atoms with van der Waals surface area (Å²) in [5.74, 6) is -0.428. The fourth-order valence-electron chi connectivity index (χ4n) is 1.59. The summed E-state index contributed by atoms with van der Waals surface area (Å²) in [6.45, 7) is 0.741. The summed E-state index contributed by atoms with van der Waals surface area (Å²) in [5.41, 5.74) is 2.07. The van der Waals surface area contributed by atoms with E-state index in [1.165, 1.54) is 6.07 Å². The molecule has 0 atom stereocenters. The molecule has 0 bridgehead atoms. The topological polar surface area (TPSA) is 24.9 Å². The van der Waals surface area contributed by atoms with Gasteiger partial charge in [-0.15, -0.1) is 0 Å². The molecule has 0 unspecified atom stereocenters. The molecule has 0 aliphatic carbocycles. The zero-order valence-electron chi connectivity index (χ0n) is 9.37. The number of pyridine rings is 1. The highest BCUT2D eigenvalue weighted by atomic mass is 35.5. The van der Waals surface area contributed by atoms with Crippen molar-refractivity contribution in [2.45, 2.75) is 6.54 Å². The van der Waals surface area contributed by atoms with Crippen LogP contribution in [0, 0.1) is 5.82 Å². The average Bonchev–Trinajstić information content (AvgIpc) is 2.34. The highest BCUT2D eigenvalue weighted by Gasteiger charge is 2.09. The smallest absolute Gasteiger partial charge is 0.151 e. The molecule has 4 heteroatoms. The van der Waals surface area contributed by atoms with E-state index in [1.807, 2.05) is 13.1 Å². The van der Waals surface area contributed by atoms with Crippen LogP contribution in [0.2, 0.25) is 5.02 Å². The standard InChI is InChI=1S/C13H12ClFN2/c1-16-7-9-5-6-12(17-8-9)10-3-2-4-11(14)13(10)15/h2-6,8,16H,7H2,1H3. The summed E-state index contributed by atoms with van der Waals surface area (Å²) >= 11 is 5.73. The van der Waals surface area contributed by atoms with Crippen molar-refractivity contribution in [3.63, 3.8) is 0 Å². The van der Waals surface area contributed by atoms with Gasteiger partial charge in [-0.05, 0) is 30.8 Å². The highest BCUT2D eigenvalue weighted by molar-refractivity contribution is 6.31. The minimum atomic E-state index is -0.428. The molecule has 2 aromatic rings. The van der Waals surface area contributed by atoms with Crippen LogP contribution in [0.4, 0.5) is 4.39 Å². The van der Waals surface area contributed by atoms with Gasteiger partial charge in [0.1, 0.15) is 0 Å². The van der Waals surface area contributed by atoms with Gasteiger partial charge in [-0.3, -0.25) is 4.98 Å². The van der Waals surface area contributed by atoms with Crippen LogP contribution in [0.25, 0.3) is 11.3 Å². The molecule has 2 nitrogen and oxygen atoms in total. The van der Waals surface area contributed by atoms with Gasteiger partial charge < -0.3 is 5.32 Å². The molecular weight excluding hydrogens is 239 g/mol. The van der Waals surface area contributed by atoms with E-state index in [0.717, 1.165) is 12.1 Å². The fourth-order valence-corrected chi connectivity index (χ4v) is 1.77. The summed E-state index contributed by atoms with van der Waals surface area (Å²) in [4.78, 5) is 4.23. The Bertz CT molecular complexity index is 511. The second-order valence-corrected chi connectivity index (χ2v) is 4.09. The molecule has 1 aromatic heterocycles. The van der Waals surface area contributed by atoms with E-state index < -0.39 is 5.82 Å². The van der Waals surface area contributed by atoms with E-state index in [9.17, 15) is 4.39 Å². The third-order valence-corrected chi connectivity index (χ3v) is 2.73. The Morgan fingerprint density at radius 2 is 2.12 bits per heavy atom. The lowest BCUT2D eigenvalue weighted by Gasteiger charge is -2.05. The van der Waals surface area contributed by atoms with Crippen molar-refractivity contribution < 1.29 is 4.39 Å². The lowest BCUT2D eigenvalue weighted by molar-refractivity contribution is 0.631. The fraction of sp³-hybridized carbons (Fsp3) is 0.154. The summed E-state index contributed by atoms with van der Waals surface area (Å²) < 4.78 is 13.8. The lowest BCUT2D eigenvalue weighted by atomic mass is 10.1. The number of benzene rings is 1. The Hall–Kier alpha value is -1.45. The minimum absolute atomic E-state index is 0.114. The molecule has 17 heavy (non-hydrogen) atoms. The monoisotopic (exact) mass is 250 g/mol. The third-order valence-electron chi connectivity index (χ3n) is 2.43. The number of hydrogen-bond donors (Lipinski definition) is 1. The maximum absolute atomic E-state index is 13.8. The minimum Gasteiger partial charge on any atom is -0.316 e. The van der Waals surface area contributed by atoms with Crippen LogP contribution in [-0.2, 0) is 6.54 Å². The Morgan fingerprint density at radius 1 is 1.29 bits per heavy atom. The van der Waals surface area contributed by atoms with Crippen molar-refractivity contribution in [1.82, 2.24) is 10.3 Å². The molecule has 0 saturated carbocycles. The van der Waals surface area contributed by atoms with Crippen LogP contribution < -0.4 is 5.32 Å². The quantitative estimate of drug-likeness (QED) is 0.905. The molecule has 88 valence electrons. The van der Waals surface area contributed by atoms with Gasteiger partial charge in [-0.25, -0.2) is 4.39 Å². The van der Waals surface area contributed by atoms with Crippen LogP contribution in [0.5, 0.6) is 0 Å². The first-order chi connectivity index (χ1) is 8.22. The summed E-state index contributed by atoms with van der Waals surface area (Å²) in [5, 5.41) is 3.14. The highest BCUT2D eigenvalue weighted by Crippen LogP contribution is 2.25. The van der Waals surface area contributed by atoms with Gasteiger partial charge in [0.25, 0.3) is 0 Å². The molecule has 1 N–H and O–H groups in total. The third kappa shape index (κ3) is 2.62. The number of hydrogen-bond acceptors (Lipinski definition) is 2. The second kappa shape index (κ2) is 5.25. The lowest BCUT2D eigenvalue weighted by Crippen LogP contribution is -2.05. The molecule has 0 radical (unpaired) electrons. The van der Waals surface area contributed by atoms with E-state index in [-0.39, 0.29) is 5.02 Å². The Balaban J connectivity index is 2.36. The van der Waals surface area contributed by atoms with Gasteiger partial charge in [0.15, 0.2) is 5.82 Å². The van der Waals surface area contributed by atoms with Crippen molar-refractivity contribution in [3.8, 4) is 11.3 Å². The van der Waals surface area contributed by atoms with Crippen LogP contribution in [0.15, 0.2) is 36.5 Å². The van der Waals surface area contributed by atoms with Crippen molar-refractivity contribution in [1.29, 1.82) is 0 Å². The van der Waals surface area contributed by atoms with E-state index >= 15 is 0 Å². The van der Waals surface area contributed by atoms with Gasteiger partial charge in [0, 0.05) is 18.3 Å². The summed E-state index contributed by atoms with van der Waals surface area (Å²) in [6.07, 6.45) is 1.73. The Labute approximate surface area is 104 Å². The molecule has 0 fully saturated rings. The van der Waals surface area contributed by atoms with Crippen LogP contribution in [0.3, 0.4) is 0 Å². The molecule has 1 heterocycles. The maximum Gasteiger partial charge on any atom is 0.151 e. The number of aromatic nitrogens is 1. The van der Waals surface area contributed by atoms with Crippen molar-refractivity contribution in [3.05, 3.63) is 52.9 Å². The second-order valence-electron chi connectivity index (χ2n) is 3.68. The first-order valence-corrected chi connectivity index (χ1v) is 5.64.